The van der Waals surface area contributed by atoms with Crippen LogP contribution in [0.15, 0.2) is 0 Å². The van der Waals surface area contributed by atoms with Crippen LogP contribution in [0.1, 0.15) is 80.6 Å². The highest BCUT2D eigenvalue weighted by Crippen LogP contribution is 2.40. The smallest absolute Gasteiger partial charge is 0.193 e. The number of carbonyl (C=O) groups excluding carboxylic acids is 1. The van der Waals surface area contributed by atoms with Crippen molar-refractivity contribution in [3.8, 4) is 11.8 Å². The van der Waals surface area contributed by atoms with E-state index in [2.05, 4.69) is 86.5 Å². The van der Waals surface area contributed by atoms with Crippen LogP contribution in [-0.2, 0) is 13.6 Å². The van der Waals surface area contributed by atoms with Gasteiger partial charge < -0.3 is 13.6 Å². The molecule has 2 atom stereocenters. The molecule has 0 radical (unpaired) electrons. The second-order valence-electron chi connectivity index (χ2n) is 10.9. The summed E-state index contributed by atoms with van der Waals surface area (Å²) in [7, 11) is -4.18. The molecule has 0 saturated heterocycles. The van der Waals surface area contributed by atoms with Crippen LogP contribution in [0.4, 0.5) is 0 Å². The van der Waals surface area contributed by atoms with E-state index in [0.29, 0.717) is 0 Å². The van der Waals surface area contributed by atoms with Crippen LogP contribution in [0.2, 0.25) is 36.3 Å². The molecule has 0 saturated carbocycles. The van der Waals surface area contributed by atoms with E-state index in [-0.39, 0.29) is 10.1 Å². The quantitative estimate of drug-likeness (QED) is 0.164. The topological polar surface area (TPSA) is 35.5 Å². The number of rotatable bonds is 10. The van der Waals surface area contributed by atoms with E-state index in [4.69, 9.17) is 8.85 Å². The van der Waals surface area contributed by atoms with Crippen molar-refractivity contribution in [2.75, 3.05) is 0 Å². The predicted octanol–water partition coefficient (Wildman–Crippen LogP) is 6.94. The molecule has 0 aromatic carbocycles. The maximum Gasteiger partial charge on any atom is 0.193 e. The molecule has 0 heterocycles. The fourth-order valence-electron chi connectivity index (χ4n) is 2.16. The number of hydrogen-bond acceptors (Lipinski definition) is 3. The van der Waals surface area contributed by atoms with Gasteiger partial charge in [-0.25, -0.2) is 0 Å². The van der Waals surface area contributed by atoms with Gasteiger partial charge in [0.15, 0.2) is 22.9 Å². The molecule has 0 amide bonds. The zero-order valence-corrected chi connectivity index (χ0v) is 22.5. The Morgan fingerprint density at radius 3 is 1.79 bits per heavy atom. The van der Waals surface area contributed by atoms with Gasteiger partial charge in [-0.3, -0.25) is 0 Å². The number of hydrogen-bond donors (Lipinski definition) is 0. The maximum atomic E-state index is 12.0. The molecule has 0 aliphatic heterocycles. The Labute approximate surface area is 177 Å². The lowest BCUT2D eigenvalue weighted by atomic mass is 10.1. The summed E-state index contributed by atoms with van der Waals surface area (Å²) in [5.41, 5.74) is 0. The van der Waals surface area contributed by atoms with Crippen LogP contribution in [0.5, 0.6) is 0 Å². The van der Waals surface area contributed by atoms with E-state index in [9.17, 15) is 4.79 Å². The lowest BCUT2D eigenvalue weighted by molar-refractivity contribution is -0.117. The molecule has 164 valence electrons. The van der Waals surface area contributed by atoms with Gasteiger partial charge in [-0.15, -0.1) is 5.92 Å². The Bertz CT molecular complexity index is 531. The molecule has 5 heteroatoms. The van der Waals surface area contributed by atoms with E-state index in [1.165, 1.54) is 19.3 Å². The Morgan fingerprint density at radius 1 is 0.857 bits per heavy atom. The summed E-state index contributed by atoms with van der Waals surface area (Å²) in [6.45, 7) is 24.1. The first-order chi connectivity index (χ1) is 12.6. The minimum atomic E-state index is -2.10. The van der Waals surface area contributed by atoms with Gasteiger partial charge in [0.05, 0.1) is 0 Å². The minimum Gasteiger partial charge on any atom is -0.404 e. The SMILES string of the molecule is CCCCCCC#C[C@@H](O[Si](C)(C)C(C)(C)C)[C@H](C=O)O[Si](C)(C)C(C)(C)C. The largest absolute Gasteiger partial charge is 0.404 e. The first-order valence-corrected chi connectivity index (χ1v) is 16.7. The number of carbonyl (C=O) groups is 1. The molecule has 28 heavy (non-hydrogen) atoms. The molecule has 0 unspecified atom stereocenters. The summed E-state index contributed by atoms with van der Waals surface area (Å²) in [6.07, 6.45) is 5.41. The van der Waals surface area contributed by atoms with E-state index < -0.39 is 28.8 Å². The lowest BCUT2D eigenvalue weighted by Crippen LogP contribution is -2.52. The highest BCUT2D eigenvalue weighted by molar-refractivity contribution is 6.74. The van der Waals surface area contributed by atoms with Crippen LogP contribution in [0.25, 0.3) is 0 Å². The van der Waals surface area contributed by atoms with Gasteiger partial charge in [0.1, 0.15) is 12.2 Å². The highest BCUT2D eigenvalue weighted by Gasteiger charge is 2.44. The highest BCUT2D eigenvalue weighted by atomic mass is 28.4. The first-order valence-electron chi connectivity index (χ1n) is 10.9. The van der Waals surface area contributed by atoms with Gasteiger partial charge >= 0.3 is 0 Å². The fourth-order valence-corrected chi connectivity index (χ4v) is 4.56. The normalized spacial score (nSPS) is 15.5. The Hall–Kier alpha value is -0.416. The second-order valence-corrected chi connectivity index (χ2v) is 20.4. The summed E-state index contributed by atoms with van der Waals surface area (Å²) in [6, 6.07) is 0. The zero-order chi connectivity index (χ0) is 22.2. The van der Waals surface area contributed by atoms with Crippen LogP contribution < -0.4 is 0 Å². The van der Waals surface area contributed by atoms with Crippen molar-refractivity contribution in [3.05, 3.63) is 0 Å². The molecule has 0 bridgehead atoms. The van der Waals surface area contributed by atoms with Crippen LogP contribution in [0, 0.1) is 11.8 Å². The van der Waals surface area contributed by atoms with Crippen molar-refractivity contribution in [2.45, 2.75) is 129 Å². The first kappa shape index (κ1) is 27.6. The molecule has 0 rings (SSSR count). The number of aldehydes is 1. The Morgan fingerprint density at radius 2 is 1.36 bits per heavy atom. The summed E-state index contributed by atoms with van der Waals surface area (Å²) >= 11 is 0. The van der Waals surface area contributed by atoms with Crippen LogP contribution in [-0.4, -0.2) is 35.1 Å². The monoisotopic (exact) mass is 426 g/mol. The van der Waals surface area contributed by atoms with Crippen molar-refractivity contribution in [1.82, 2.24) is 0 Å². The van der Waals surface area contributed by atoms with E-state index >= 15 is 0 Å². The van der Waals surface area contributed by atoms with Crippen LogP contribution in [0.3, 0.4) is 0 Å². The summed E-state index contributed by atoms with van der Waals surface area (Å²) in [5, 5.41) is 0.0851. The van der Waals surface area contributed by atoms with Gasteiger partial charge in [-0.1, -0.05) is 73.6 Å². The third-order valence-corrected chi connectivity index (χ3v) is 15.2. The molecule has 0 aromatic heterocycles. The Balaban J connectivity index is 5.55. The molecule has 0 N–H and O–H groups in total. The van der Waals surface area contributed by atoms with E-state index in [1.807, 2.05) is 0 Å². The van der Waals surface area contributed by atoms with Crippen molar-refractivity contribution in [2.24, 2.45) is 0 Å². The van der Waals surface area contributed by atoms with Crippen molar-refractivity contribution in [1.29, 1.82) is 0 Å². The molecule has 0 fully saturated rings. The maximum absolute atomic E-state index is 12.0. The average molecular weight is 427 g/mol. The molecular weight excluding hydrogens is 380 g/mol. The van der Waals surface area contributed by atoms with Crippen molar-refractivity contribution in [3.63, 3.8) is 0 Å². The van der Waals surface area contributed by atoms with Gasteiger partial charge in [-0.05, 0) is 42.7 Å². The number of unbranched alkanes of at least 4 members (excludes halogenated alkanes) is 4. The summed E-state index contributed by atoms with van der Waals surface area (Å²) < 4.78 is 13.0. The molecular formula is C23H46O3Si2. The van der Waals surface area contributed by atoms with E-state index in [0.717, 1.165) is 19.1 Å². The summed E-state index contributed by atoms with van der Waals surface area (Å²) in [4.78, 5) is 12.0. The van der Waals surface area contributed by atoms with Gasteiger partial charge in [-0.2, -0.15) is 0 Å². The van der Waals surface area contributed by atoms with Gasteiger partial charge in [0, 0.05) is 6.42 Å². The van der Waals surface area contributed by atoms with E-state index in [1.54, 1.807) is 0 Å². The predicted molar refractivity (Wildman–Crippen MR) is 127 cm³/mol. The Kier molecular flexibility index (Phi) is 10.9. The zero-order valence-electron chi connectivity index (χ0n) is 20.5. The third-order valence-electron chi connectivity index (χ3n) is 6.30. The van der Waals surface area contributed by atoms with Crippen LogP contribution >= 0.6 is 0 Å². The lowest BCUT2D eigenvalue weighted by Gasteiger charge is -2.42. The molecule has 0 spiro atoms. The van der Waals surface area contributed by atoms with Gasteiger partial charge in [0.2, 0.25) is 0 Å². The summed E-state index contributed by atoms with van der Waals surface area (Å²) in [5.74, 6) is 6.56. The second kappa shape index (κ2) is 11.1. The minimum absolute atomic E-state index is 0.0311. The molecule has 3 nitrogen and oxygen atoms in total. The molecule has 0 aliphatic rings. The fraction of sp³-hybridized carbons (Fsp3) is 0.870. The standard InChI is InChI=1S/C23H46O3Si2/c1-12-13-14-15-16-17-18-20(25-27(8,9)22(2,3)4)21(19-24)26-28(10,11)23(5,6)7/h19-21H,12-16H2,1-11H3/t20-,21+/m1/s1. The van der Waals surface area contributed by atoms with Gasteiger partial charge in [0.25, 0.3) is 0 Å². The average Bonchev–Trinajstić information content (AvgIpc) is 2.52. The molecule has 0 aliphatic carbocycles. The third kappa shape index (κ3) is 8.94. The molecule has 0 aromatic rings. The van der Waals surface area contributed by atoms with Crippen molar-refractivity contribution >= 4 is 22.9 Å². The van der Waals surface area contributed by atoms with Crippen molar-refractivity contribution < 1.29 is 13.6 Å².